The lowest BCUT2D eigenvalue weighted by atomic mass is 10.1. The summed E-state index contributed by atoms with van der Waals surface area (Å²) in [6.45, 7) is 0.399. The highest BCUT2D eigenvalue weighted by atomic mass is 16.2. The number of carbonyl (C=O) groups excluding carboxylic acids is 2. The SMILES string of the molecule is CNC(=O)CCN(C)C(=O)c1ccccc1NC. The average Bonchev–Trinajstić information content (AvgIpc) is 2.43. The monoisotopic (exact) mass is 249 g/mol. The maximum atomic E-state index is 12.2. The molecule has 5 heteroatoms. The number of nitrogens with one attached hydrogen (secondary N) is 2. The van der Waals surface area contributed by atoms with Crippen molar-refractivity contribution in [3.8, 4) is 0 Å². The van der Waals surface area contributed by atoms with Crippen LogP contribution in [0.15, 0.2) is 24.3 Å². The van der Waals surface area contributed by atoms with Gasteiger partial charge in [-0.2, -0.15) is 0 Å². The van der Waals surface area contributed by atoms with Gasteiger partial charge >= 0.3 is 0 Å². The first kappa shape index (κ1) is 14.0. The maximum Gasteiger partial charge on any atom is 0.255 e. The Morgan fingerprint density at radius 3 is 2.50 bits per heavy atom. The highest BCUT2D eigenvalue weighted by Crippen LogP contribution is 2.15. The quantitative estimate of drug-likeness (QED) is 0.816. The van der Waals surface area contributed by atoms with Crippen LogP contribution in [-0.2, 0) is 4.79 Å². The van der Waals surface area contributed by atoms with Gasteiger partial charge in [0.15, 0.2) is 0 Å². The van der Waals surface area contributed by atoms with Gasteiger partial charge in [0, 0.05) is 39.8 Å². The standard InChI is InChI=1S/C13H19N3O2/c1-14-11-7-5-4-6-10(11)13(18)16(3)9-8-12(17)15-2/h4-7,14H,8-9H2,1-3H3,(H,15,17). The zero-order valence-electron chi connectivity index (χ0n) is 11.0. The molecule has 1 rings (SSSR count). The number of hydrogen-bond acceptors (Lipinski definition) is 3. The molecule has 0 bridgehead atoms. The number of carbonyl (C=O) groups is 2. The van der Waals surface area contributed by atoms with Gasteiger partial charge in [0.05, 0.1) is 5.56 Å². The van der Waals surface area contributed by atoms with Crippen LogP contribution in [-0.4, -0.2) is 44.4 Å². The van der Waals surface area contributed by atoms with Crippen LogP contribution in [0.3, 0.4) is 0 Å². The summed E-state index contributed by atoms with van der Waals surface area (Å²) in [5.41, 5.74) is 1.40. The number of anilines is 1. The van der Waals surface area contributed by atoms with Crippen LogP contribution in [0.4, 0.5) is 5.69 Å². The summed E-state index contributed by atoms with van der Waals surface area (Å²) in [7, 11) is 5.05. The average molecular weight is 249 g/mol. The van der Waals surface area contributed by atoms with Gasteiger partial charge in [0.2, 0.25) is 5.91 Å². The van der Waals surface area contributed by atoms with Crippen molar-refractivity contribution in [3.05, 3.63) is 29.8 Å². The van der Waals surface area contributed by atoms with Crippen LogP contribution in [0, 0.1) is 0 Å². The van der Waals surface area contributed by atoms with E-state index in [2.05, 4.69) is 10.6 Å². The van der Waals surface area contributed by atoms with Crippen molar-refractivity contribution < 1.29 is 9.59 Å². The molecule has 1 aromatic rings. The van der Waals surface area contributed by atoms with Crippen LogP contribution >= 0.6 is 0 Å². The largest absolute Gasteiger partial charge is 0.387 e. The number of benzene rings is 1. The molecular formula is C13H19N3O2. The molecule has 18 heavy (non-hydrogen) atoms. The lowest BCUT2D eigenvalue weighted by Crippen LogP contribution is -2.31. The lowest BCUT2D eigenvalue weighted by molar-refractivity contribution is -0.120. The van der Waals surface area contributed by atoms with Crippen molar-refractivity contribution in [2.45, 2.75) is 6.42 Å². The van der Waals surface area contributed by atoms with E-state index in [-0.39, 0.29) is 11.8 Å². The molecule has 0 saturated carbocycles. The number of rotatable bonds is 5. The fraction of sp³-hybridized carbons (Fsp3) is 0.385. The molecule has 0 aromatic heterocycles. The van der Waals surface area contributed by atoms with E-state index in [0.29, 0.717) is 18.5 Å². The molecule has 0 fully saturated rings. The Balaban J connectivity index is 2.71. The molecule has 98 valence electrons. The van der Waals surface area contributed by atoms with E-state index >= 15 is 0 Å². The van der Waals surface area contributed by atoms with Gasteiger partial charge in [-0.05, 0) is 12.1 Å². The van der Waals surface area contributed by atoms with Crippen molar-refractivity contribution in [1.82, 2.24) is 10.2 Å². The van der Waals surface area contributed by atoms with E-state index in [1.54, 1.807) is 32.1 Å². The Hall–Kier alpha value is -2.04. The number of hydrogen-bond donors (Lipinski definition) is 2. The molecule has 2 amide bonds. The molecule has 0 spiro atoms. The molecule has 0 radical (unpaired) electrons. The van der Waals surface area contributed by atoms with Crippen molar-refractivity contribution in [3.63, 3.8) is 0 Å². The lowest BCUT2D eigenvalue weighted by Gasteiger charge is -2.18. The molecule has 0 aliphatic heterocycles. The van der Waals surface area contributed by atoms with Gasteiger partial charge in [-0.25, -0.2) is 0 Å². The fourth-order valence-electron chi connectivity index (χ4n) is 1.59. The topological polar surface area (TPSA) is 61.4 Å². The summed E-state index contributed by atoms with van der Waals surface area (Å²) in [4.78, 5) is 24.9. The van der Waals surface area contributed by atoms with Crippen LogP contribution in [0.5, 0.6) is 0 Å². The number of nitrogens with zero attached hydrogens (tertiary/aromatic N) is 1. The first-order chi connectivity index (χ1) is 8.60. The summed E-state index contributed by atoms with van der Waals surface area (Å²) in [5.74, 6) is -0.166. The maximum absolute atomic E-state index is 12.2. The fourth-order valence-corrected chi connectivity index (χ4v) is 1.59. The van der Waals surface area contributed by atoms with Crippen LogP contribution in [0.1, 0.15) is 16.8 Å². The van der Waals surface area contributed by atoms with Gasteiger partial charge < -0.3 is 15.5 Å². The summed E-state index contributed by atoms with van der Waals surface area (Å²) >= 11 is 0. The van der Waals surface area contributed by atoms with Crippen molar-refractivity contribution in [1.29, 1.82) is 0 Å². The first-order valence-electron chi connectivity index (χ1n) is 5.83. The minimum Gasteiger partial charge on any atom is -0.387 e. The minimum atomic E-state index is -0.0937. The second-order valence-corrected chi connectivity index (χ2v) is 3.95. The van der Waals surface area contributed by atoms with Gasteiger partial charge in [-0.15, -0.1) is 0 Å². The van der Waals surface area contributed by atoms with Gasteiger partial charge in [-0.1, -0.05) is 12.1 Å². The molecule has 0 atom stereocenters. The van der Waals surface area contributed by atoms with Gasteiger partial charge in [-0.3, -0.25) is 9.59 Å². The Morgan fingerprint density at radius 1 is 1.22 bits per heavy atom. The number of para-hydroxylation sites is 1. The molecule has 0 saturated heterocycles. The van der Waals surface area contributed by atoms with E-state index in [0.717, 1.165) is 5.69 Å². The van der Waals surface area contributed by atoms with Crippen LogP contribution in [0.25, 0.3) is 0 Å². The van der Waals surface area contributed by atoms with E-state index < -0.39 is 0 Å². The van der Waals surface area contributed by atoms with E-state index in [1.807, 2.05) is 18.2 Å². The minimum absolute atomic E-state index is 0.0726. The Kier molecular flexibility index (Phi) is 5.17. The third-order valence-electron chi connectivity index (χ3n) is 2.73. The molecular weight excluding hydrogens is 230 g/mol. The van der Waals surface area contributed by atoms with E-state index in [1.165, 1.54) is 0 Å². The second-order valence-electron chi connectivity index (χ2n) is 3.95. The molecule has 5 nitrogen and oxygen atoms in total. The van der Waals surface area contributed by atoms with Gasteiger partial charge in [0.1, 0.15) is 0 Å². The third-order valence-corrected chi connectivity index (χ3v) is 2.73. The molecule has 0 unspecified atom stereocenters. The normalized spacial score (nSPS) is 9.72. The van der Waals surface area contributed by atoms with Crippen molar-refractivity contribution in [2.24, 2.45) is 0 Å². The Labute approximate surface area is 107 Å². The Bertz CT molecular complexity index is 432. The second kappa shape index (κ2) is 6.64. The molecule has 0 heterocycles. The summed E-state index contributed by atoms with van der Waals surface area (Å²) in [6, 6.07) is 7.30. The molecule has 0 aliphatic rings. The molecule has 0 aliphatic carbocycles. The first-order valence-corrected chi connectivity index (χ1v) is 5.83. The molecule has 2 N–H and O–H groups in total. The predicted octanol–water partition coefficient (Wildman–Crippen LogP) is 0.936. The van der Waals surface area contributed by atoms with Crippen LogP contribution < -0.4 is 10.6 Å². The van der Waals surface area contributed by atoms with Crippen LogP contribution in [0.2, 0.25) is 0 Å². The summed E-state index contributed by atoms with van der Waals surface area (Å²) < 4.78 is 0. The summed E-state index contributed by atoms with van der Waals surface area (Å²) in [6.07, 6.45) is 0.306. The third kappa shape index (κ3) is 3.48. The number of amides is 2. The zero-order valence-corrected chi connectivity index (χ0v) is 11.0. The van der Waals surface area contributed by atoms with Crippen molar-refractivity contribution >= 4 is 17.5 Å². The van der Waals surface area contributed by atoms with E-state index in [9.17, 15) is 9.59 Å². The highest BCUT2D eigenvalue weighted by molar-refractivity contribution is 5.99. The highest BCUT2D eigenvalue weighted by Gasteiger charge is 2.15. The van der Waals surface area contributed by atoms with Gasteiger partial charge in [0.25, 0.3) is 5.91 Å². The zero-order chi connectivity index (χ0) is 13.5. The Morgan fingerprint density at radius 2 is 1.89 bits per heavy atom. The molecule has 1 aromatic carbocycles. The smallest absolute Gasteiger partial charge is 0.255 e. The summed E-state index contributed by atoms with van der Waals surface area (Å²) in [5, 5.41) is 5.51. The van der Waals surface area contributed by atoms with Crippen molar-refractivity contribution in [2.75, 3.05) is 33.0 Å². The van der Waals surface area contributed by atoms with E-state index in [4.69, 9.17) is 0 Å². The predicted molar refractivity (Wildman–Crippen MR) is 71.6 cm³/mol.